The van der Waals surface area contributed by atoms with Crippen LogP contribution in [-0.4, -0.2) is 23.5 Å². The van der Waals surface area contributed by atoms with Crippen LogP contribution >= 0.6 is 0 Å². The molecule has 0 atom stereocenters. The first-order valence-electron chi connectivity index (χ1n) is 12.6. The molecule has 4 heterocycles. The minimum Gasteiger partial charge on any atom is -0.509 e. The van der Waals surface area contributed by atoms with Crippen LogP contribution in [0.2, 0.25) is 0 Å². The van der Waals surface area contributed by atoms with E-state index in [1.165, 1.54) is 5.56 Å². The fraction of sp³-hybridized carbons (Fsp3) is 0.125. The van der Waals surface area contributed by atoms with Crippen molar-refractivity contribution in [1.82, 2.24) is 23.5 Å². The van der Waals surface area contributed by atoms with E-state index >= 15 is 0 Å². The molecular weight excluding hydrogens is 665 g/mol. The smallest absolute Gasteiger partial charge is 0.509 e. The van der Waals surface area contributed by atoms with Gasteiger partial charge in [-0.25, -0.2) is 9.97 Å². The predicted molar refractivity (Wildman–Crippen MR) is 150 cm³/mol. The van der Waals surface area contributed by atoms with Gasteiger partial charge in [0.2, 0.25) is 5.78 Å². The zero-order valence-corrected chi connectivity index (χ0v) is 24.0. The van der Waals surface area contributed by atoms with E-state index in [4.69, 9.17) is 9.72 Å². The third-order valence-corrected chi connectivity index (χ3v) is 6.87. The Kier molecular flexibility index (Phi) is 6.16. The first-order valence-corrected chi connectivity index (χ1v) is 12.6. The van der Waals surface area contributed by atoms with Crippen LogP contribution in [0.25, 0.3) is 39.1 Å². The minimum atomic E-state index is 0. The molecule has 0 aliphatic carbocycles. The number of imidazole rings is 2. The molecule has 4 aromatic heterocycles. The van der Waals surface area contributed by atoms with Gasteiger partial charge in [-0.3, -0.25) is 4.40 Å². The molecule has 6 nitrogen and oxygen atoms in total. The Morgan fingerprint density at radius 2 is 1.62 bits per heavy atom. The van der Waals surface area contributed by atoms with E-state index < -0.39 is 0 Å². The van der Waals surface area contributed by atoms with E-state index in [9.17, 15) is 0 Å². The monoisotopic (exact) mass is 690 g/mol. The number of hydrogen-bond donors (Lipinski definition) is 0. The summed E-state index contributed by atoms with van der Waals surface area (Å²) in [6.07, 6.45) is 9.51. The van der Waals surface area contributed by atoms with Gasteiger partial charge < -0.3 is 13.9 Å². The van der Waals surface area contributed by atoms with Crippen LogP contribution in [-0.2, 0) is 26.5 Å². The number of benzene rings is 3. The Morgan fingerprint density at radius 3 is 2.49 bits per heavy atom. The molecule has 0 radical (unpaired) electrons. The SMILES string of the molecule is CC(C)(C)c1ccnc(-n2c3[c-]c(Oc4[c-]c(-n5ccn6ccnc56)ccc4)ccc3c3ccccc32)c1.[Pt+2]. The van der Waals surface area contributed by atoms with E-state index in [0.29, 0.717) is 11.5 Å². The number of pyridine rings is 1. The van der Waals surface area contributed by atoms with Gasteiger partial charge in [-0.05, 0) is 34.6 Å². The normalized spacial score (nSPS) is 11.8. The average molecular weight is 691 g/mol. The van der Waals surface area contributed by atoms with Crippen LogP contribution in [0.1, 0.15) is 26.3 Å². The van der Waals surface area contributed by atoms with Crippen molar-refractivity contribution < 1.29 is 25.8 Å². The molecule has 0 N–H and O–H groups in total. The van der Waals surface area contributed by atoms with Crippen LogP contribution < -0.4 is 4.74 Å². The summed E-state index contributed by atoms with van der Waals surface area (Å²) in [7, 11) is 0. The molecule has 0 bridgehead atoms. The number of para-hydroxylation sites is 1. The van der Waals surface area contributed by atoms with Crippen LogP contribution in [0.5, 0.6) is 11.5 Å². The van der Waals surface area contributed by atoms with Crippen molar-refractivity contribution in [1.29, 1.82) is 0 Å². The van der Waals surface area contributed by atoms with Crippen molar-refractivity contribution >= 4 is 27.6 Å². The Labute approximate surface area is 240 Å². The summed E-state index contributed by atoms with van der Waals surface area (Å²) < 4.78 is 12.4. The number of fused-ring (bicyclic) bond motifs is 4. The molecule has 0 saturated carbocycles. The summed E-state index contributed by atoms with van der Waals surface area (Å²) in [6, 6.07) is 29.4. The van der Waals surface area contributed by atoms with Gasteiger partial charge in [0.1, 0.15) is 5.82 Å². The van der Waals surface area contributed by atoms with Gasteiger partial charge >= 0.3 is 21.1 Å². The predicted octanol–water partition coefficient (Wildman–Crippen LogP) is 7.30. The molecule has 0 unspecified atom stereocenters. The molecule has 3 aromatic carbocycles. The molecule has 0 saturated heterocycles. The third-order valence-electron chi connectivity index (χ3n) is 6.87. The van der Waals surface area contributed by atoms with Crippen molar-refractivity contribution in [2.45, 2.75) is 26.2 Å². The molecule has 0 fully saturated rings. The molecule has 39 heavy (non-hydrogen) atoms. The molecular formula is C32H25N5OPt. The number of hydrogen-bond acceptors (Lipinski definition) is 3. The average Bonchev–Trinajstić information content (AvgIpc) is 3.62. The Bertz CT molecular complexity index is 1960. The molecule has 0 aliphatic heterocycles. The zero-order valence-electron chi connectivity index (χ0n) is 21.7. The number of aromatic nitrogens is 5. The van der Waals surface area contributed by atoms with Crippen molar-refractivity contribution in [2.75, 3.05) is 0 Å². The van der Waals surface area contributed by atoms with E-state index in [2.05, 4.69) is 84.9 Å². The number of ether oxygens (including phenoxy) is 1. The maximum Gasteiger partial charge on any atom is 2.00 e. The Balaban J connectivity index is 0.00000277. The van der Waals surface area contributed by atoms with Gasteiger partial charge in [0, 0.05) is 48.0 Å². The standard InChI is InChI=1S/C32H25N5O.Pt/c1-32(2,3)22-13-14-33-30(19-22)37-28-10-5-4-9-26(28)27-12-11-25(21-29(27)37)38-24-8-6-7-23(20-24)36-18-17-35-16-15-34-31(35)36;/h4-19H,1-3H3;/q-2;+2. The van der Waals surface area contributed by atoms with E-state index in [-0.39, 0.29) is 26.5 Å². The minimum absolute atomic E-state index is 0. The summed E-state index contributed by atoms with van der Waals surface area (Å²) in [4.78, 5) is 9.19. The van der Waals surface area contributed by atoms with Crippen molar-refractivity contribution in [2.24, 2.45) is 0 Å². The maximum absolute atomic E-state index is 6.30. The molecule has 194 valence electrons. The number of rotatable bonds is 4. The van der Waals surface area contributed by atoms with E-state index in [1.54, 1.807) is 6.20 Å². The van der Waals surface area contributed by atoms with Gasteiger partial charge in [0.25, 0.3) is 0 Å². The molecule has 0 aliphatic rings. The largest absolute Gasteiger partial charge is 2.00 e. The Hall–Kier alpha value is -4.15. The van der Waals surface area contributed by atoms with Gasteiger partial charge in [-0.15, -0.1) is 35.7 Å². The first-order chi connectivity index (χ1) is 18.5. The van der Waals surface area contributed by atoms with Crippen molar-refractivity contribution in [3.8, 4) is 23.0 Å². The summed E-state index contributed by atoms with van der Waals surface area (Å²) >= 11 is 0. The second-order valence-corrected chi connectivity index (χ2v) is 10.4. The molecule has 0 spiro atoms. The van der Waals surface area contributed by atoms with Gasteiger partial charge in [0.05, 0.1) is 0 Å². The third kappa shape index (κ3) is 4.35. The maximum atomic E-state index is 6.30. The van der Waals surface area contributed by atoms with Crippen LogP contribution in [0.3, 0.4) is 0 Å². The van der Waals surface area contributed by atoms with Crippen molar-refractivity contribution in [3.05, 3.63) is 115 Å². The fourth-order valence-electron chi connectivity index (χ4n) is 4.93. The van der Waals surface area contributed by atoms with Crippen LogP contribution in [0.15, 0.2) is 97.7 Å². The summed E-state index contributed by atoms with van der Waals surface area (Å²) in [5.41, 5.74) is 4.09. The molecule has 7 aromatic rings. The van der Waals surface area contributed by atoms with Crippen molar-refractivity contribution in [3.63, 3.8) is 0 Å². The molecule has 7 rings (SSSR count). The molecule has 0 amide bonds. The quantitative estimate of drug-likeness (QED) is 0.182. The first kappa shape index (κ1) is 25.1. The van der Waals surface area contributed by atoms with Gasteiger partial charge in [-0.2, -0.15) is 12.1 Å². The van der Waals surface area contributed by atoms with Crippen LogP contribution in [0.4, 0.5) is 0 Å². The fourth-order valence-corrected chi connectivity index (χ4v) is 4.93. The zero-order chi connectivity index (χ0) is 25.9. The summed E-state index contributed by atoms with van der Waals surface area (Å²) in [5.74, 6) is 2.90. The second-order valence-electron chi connectivity index (χ2n) is 10.4. The van der Waals surface area contributed by atoms with Crippen LogP contribution in [0, 0.1) is 12.1 Å². The summed E-state index contributed by atoms with van der Waals surface area (Å²) in [6.45, 7) is 6.64. The second kappa shape index (κ2) is 9.55. The van der Waals surface area contributed by atoms with Gasteiger partial charge in [0.15, 0.2) is 0 Å². The summed E-state index contributed by atoms with van der Waals surface area (Å²) in [5, 5.41) is 2.25. The Morgan fingerprint density at radius 1 is 0.769 bits per heavy atom. The van der Waals surface area contributed by atoms with E-state index in [1.807, 2.05) is 58.0 Å². The topological polar surface area (TPSA) is 49.3 Å². The molecule has 7 heteroatoms. The van der Waals surface area contributed by atoms with Gasteiger partial charge in [-0.1, -0.05) is 50.2 Å². The van der Waals surface area contributed by atoms with E-state index in [0.717, 1.165) is 39.1 Å². The number of nitrogens with zero attached hydrogens (tertiary/aromatic N) is 5.